The Hall–Kier alpha value is -3.74. The van der Waals surface area contributed by atoms with E-state index >= 15 is 0 Å². The zero-order valence-corrected chi connectivity index (χ0v) is 17.3. The number of nitrogens with one attached hydrogen (secondary N) is 1. The lowest BCUT2D eigenvalue weighted by Crippen LogP contribution is -2.45. The van der Waals surface area contributed by atoms with Crippen LogP contribution in [0.15, 0.2) is 53.3 Å². The minimum atomic E-state index is -0.910. The number of aryl methyl sites for hydroxylation is 2. The maximum atomic E-state index is 13.1. The van der Waals surface area contributed by atoms with Gasteiger partial charge < -0.3 is 0 Å². The maximum Gasteiger partial charge on any atom is 0.274 e. The molecule has 0 bridgehead atoms. The van der Waals surface area contributed by atoms with E-state index in [0.29, 0.717) is 14.8 Å². The summed E-state index contributed by atoms with van der Waals surface area (Å²) in [5, 5.41) is 28.5. The molecule has 2 heterocycles. The number of hydrogen-bond acceptors (Lipinski definition) is 5. The molecule has 2 unspecified atom stereocenters. The van der Waals surface area contributed by atoms with Crippen LogP contribution in [0, 0.1) is 47.8 Å². The summed E-state index contributed by atoms with van der Waals surface area (Å²) in [6.07, 6.45) is 1.79. The van der Waals surface area contributed by atoms with Crippen molar-refractivity contribution in [3.05, 3.63) is 90.3 Å². The van der Waals surface area contributed by atoms with E-state index in [9.17, 15) is 15.3 Å². The Labute approximate surface area is 177 Å². The molecule has 1 aliphatic rings. The molecule has 2 aromatic carbocycles. The average molecular weight is 411 g/mol. The van der Waals surface area contributed by atoms with Gasteiger partial charge in [-0.25, -0.2) is 0 Å². The second kappa shape index (κ2) is 7.59. The smallest absolute Gasteiger partial charge is 0.274 e. The number of fused-ring (bicyclic) bond motifs is 1. The summed E-state index contributed by atoms with van der Waals surface area (Å²) < 4.78 is 2.11. The molecule has 0 spiro atoms. The molecule has 0 amide bonds. The molecule has 1 N–H and O–H groups in total. The summed E-state index contributed by atoms with van der Waals surface area (Å²) in [7, 11) is 0. The normalized spacial score (nSPS) is 18.6. The van der Waals surface area contributed by atoms with E-state index < -0.39 is 11.8 Å². The summed E-state index contributed by atoms with van der Waals surface area (Å²) in [5.41, 5.74) is 3.72. The second-order valence-corrected chi connectivity index (χ2v) is 8.30. The van der Waals surface area contributed by atoms with E-state index in [4.69, 9.17) is 5.41 Å². The molecular weight excluding hydrogens is 392 g/mol. The minimum absolute atomic E-state index is 0.0783. The number of nitriles is 2. The van der Waals surface area contributed by atoms with Crippen LogP contribution >= 0.6 is 11.3 Å². The summed E-state index contributed by atoms with van der Waals surface area (Å²) in [6.45, 7) is 3.89. The first-order valence-electron chi connectivity index (χ1n) is 9.45. The van der Waals surface area contributed by atoms with Crippen LogP contribution in [0.3, 0.4) is 0 Å². The monoisotopic (exact) mass is 410 g/mol. The molecule has 0 saturated heterocycles. The van der Waals surface area contributed by atoms with Crippen LogP contribution in [0.5, 0.6) is 0 Å². The quantitative estimate of drug-likeness (QED) is 0.704. The van der Waals surface area contributed by atoms with E-state index in [0.717, 1.165) is 22.3 Å². The van der Waals surface area contributed by atoms with Gasteiger partial charge in [-0.05, 0) is 42.2 Å². The predicted molar refractivity (Wildman–Crippen MR) is 118 cm³/mol. The topological polar surface area (TPSA) is 93.4 Å². The van der Waals surface area contributed by atoms with Gasteiger partial charge in [0.15, 0.2) is 0 Å². The number of thiazole rings is 1. The van der Waals surface area contributed by atoms with Crippen LogP contribution in [-0.2, 0) is 0 Å². The van der Waals surface area contributed by atoms with Gasteiger partial charge in [-0.2, -0.15) is 10.5 Å². The van der Waals surface area contributed by atoms with E-state index in [2.05, 4.69) is 12.1 Å². The van der Waals surface area contributed by atoms with Gasteiger partial charge in [0.25, 0.3) is 5.56 Å². The highest BCUT2D eigenvalue weighted by Crippen LogP contribution is 2.36. The van der Waals surface area contributed by atoms with Gasteiger partial charge >= 0.3 is 0 Å². The Morgan fingerprint density at radius 1 is 1.07 bits per heavy atom. The van der Waals surface area contributed by atoms with E-state index in [1.54, 1.807) is 6.08 Å². The molecule has 30 heavy (non-hydrogen) atoms. The third-order valence-corrected chi connectivity index (χ3v) is 6.60. The number of aromatic nitrogens is 1. The molecule has 4 rings (SSSR count). The number of benzene rings is 2. The highest BCUT2D eigenvalue weighted by molar-refractivity contribution is 7.07. The van der Waals surface area contributed by atoms with Gasteiger partial charge in [0.05, 0.1) is 22.2 Å². The summed E-state index contributed by atoms with van der Waals surface area (Å²) in [5.74, 6) is -1.56. The highest BCUT2D eigenvalue weighted by atomic mass is 32.1. The first kappa shape index (κ1) is 19.6. The Balaban J connectivity index is 2.08. The van der Waals surface area contributed by atoms with Crippen LogP contribution in [0.4, 0.5) is 0 Å². The van der Waals surface area contributed by atoms with Crippen molar-refractivity contribution in [1.29, 1.82) is 15.9 Å². The molecule has 0 radical (unpaired) electrons. The SMILES string of the molecule is Cc1ccccc1C=c1sc2n(c1=O)C(=N)C(C#N)C(c1ccccc1C)C=2C#N. The van der Waals surface area contributed by atoms with Crippen LogP contribution in [0.2, 0.25) is 0 Å². The van der Waals surface area contributed by atoms with Crippen LogP contribution in [0.1, 0.15) is 28.2 Å². The van der Waals surface area contributed by atoms with Crippen molar-refractivity contribution in [2.24, 2.45) is 5.92 Å². The molecule has 3 aromatic rings. The molecule has 1 aliphatic heterocycles. The highest BCUT2D eigenvalue weighted by Gasteiger charge is 2.38. The van der Waals surface area contributed by atoms with Gasteiger partial charge in [-0.3, -0.25) is 14.8 Å². The van der Waals surface area contributed by atoms with Gasteiger partial charge in [0.2, 0.25) is 0 Å². The zero-order chi connectivity index (χ0) is 21.4. The summed E-state index contributed by atoms with van der Waals surface area (Å²) in [4.78, 5) is 13.1. The molecule has 146 valence electrons. The fraction of sp³-hybridized carbons (Fsp3) is 0.167. The number of hydrogen-bond donors (Lipinski definition) is 1. The summed E-state index contributed by atoms with van der Waals surface area (Å²) in [6, 6.07) is 19.7. The summed E-state index contributed by atoms with van der Waals surface area (Å²) >= 11 is 1.20. The Kier molecular flexibility index (Phi) is 4.95. The van der Waals surface area contributed by atoms with Crippen molar-refractivity contribution in [3.63, 3.8) is 0 Å². The fourth-order valence-corrected chi connectivity index (χ4v) is 5.02. The lowest BCUT2D eigenvalue weighted by atomic mass is 9.78. The minimum Gasteiger partial charge on any atom is -0.287 e. The molecular formula is C24H18N4OS. The molecule has 2 atom stereocenters. The Morgan fingerprint density at radius 3 is 2.37 bits per heavy atom. The van der Waals surface area contributed by atoms with Gasteiger partial charge in [-0.1, -0.05) is 48.5 Å². The van der Waals surface area contributed by atoms with Gasteiger partial charge in [0, 0.05) is 5.92 Å². The van der Waals surface area contributed by atoms with Crippen molar-refractivity contribution in [1.82, 2.24) is 4.57 Å². The van der Waals surface area contributed by atoms with Crippen molar-refractivity contribution in [2.75, 3.05) is 0 Å². The number of nitrogens with zero attached hydrogens (tertiary/aromatic N) is 3. The predicted octanol–water partition coefficient (Wildman–Crippen LogP) is 2.79. The second-order valence-electron chi connectivity index (χ2n) is 7.26. The van der Waals surface area contributed by atoms with Crippen molar-refractivity contribution in [3.8, 4) is 12.1 Å². The molecule has 0 saturated carbocycles. The third-order valence-electron chi connectivity index (χ3n) is 5.49. The largest absolute Gasteiger partial charge is 0.287 e. The Bertz CT molecular complexity index is 1450. The molecule has 6 heteroatoms. The van der Waals surface area contributed by atoms with Crippen molar-refractivity contribution < 1.29 is 0 Å². The van der Waals surface area contributed by atoms with Gasteiger partial charge in [-0.15, -0.1) is 11.3 Å². The van der Waals surface area contributed by atoms with Crippen LogP contribution in [-0.4, -0.2) is 10.4 Å². The van der Waals surface area contributed by atoms with E-state index in [1.807, 2.05) is 62.4 Å². The fourth-order valence-electron chi connectivity index (χ4n) is 3.89. The molecule has 5 nitrogen and oxygen atoms in total. The van der Waals surface area contributed by atoms with Crippen molar-refractivity contribution >= 4 is 28.8 Å². The number of rotatable bonds is 2. The lowest BCUT2D eigenvalue weighted by Gasteiger charge is -2.27. The van der Waals surface area contributed by atoms with Gasteiger partial charge in [0.1, 0.15) is 16.4 Å². The molecule has 0 fully saturated rings. The Morgan fingerprint density at radius 2 is 1.73 bits per heavy atom. The maximum absolute atomic E-state index is 13.1. The third kappa shape index (κ3) is 2.99. The standard InChI is InChI=1S/C24H18N4OS/c1-14-7-3-5-9-16(14)11-20-23(29)28-22(27)18(12-25)21(19(13-26)24(28)30-20)17-10-6-4-8-15(17)2/h3-11,18,21,27H,1-2H3. The first-order valence-corrected chi connectivity index (χ1v) is 10.3. The van der Waals surface area contributed by atoms with Crippen LogP contribution < -0.4 is 14.8 Å². The van der Waals surface area contributed by atoms with E-state index in [-0.39, 0.29) is 11.4 Å². The average Bonchev–Trinajstić information content (AvgIpc) is 3.06. The lowest BCUT2D eigenvalue weighted by molar-refractivity contribution is 0.708. The first-order chi connectivity index (χ1) is 14.5. The van der Waals surface area contributed by atoms with Crippen LogP contribution in [0.25, 0.3) is 11.6 Å². The van der Waals surface area contributed by atoms with E-state index in [1.165, 1.54) is 15.9 Å². The molecule has 1 aromatic heterocycles. The van der Waals surface area contributed by atoms with Crippen molar-refractivity contribution in [2.45, 2.75) is 19.8 Å². The molecule has 0 aliphatic carbocycles. The zero-order valence-electron chi connectivity index (χ0n) is 16.5.